The molecule has 1 fully saturated rings. The largest absolute Gasteiger partial charge is 0.481 e. The second-order valence-electron chi connectivity index (χ2n) is 7.96. The minimum Gasteiger partial charge on any atom is -0.481 e. The zero-order valence-corrected chi connectivity index (χ0v) is 16.8. The van der Waals surface area contributed by atoms with E-state index in [1.807, 2.05) is 19.2 Å². The van der Waals surface area contributed by atoms with Gasteiger partial charge in [0.25, 0.3) is 5.91 Å². The third-order valence-corrected chi connectivity index (χ3v) is 5.95. The molecule has 0 radical (unpaired) electrons. The van der Waals surface area contributed by atoms with Crippen LogP contribution >= 0.6 is 0 Å². The van der Waals surface area contributed by atoms with E-state index >= 15 is 0 Å². The van der Waals surface area contributed by atoms with E-state index in [1.165, 1.54) is 5.56 Å². The number of nitrogens with one attached hydrogen (secondary N) is 2. The molecule has 1 aliphatic carbocycles. The van der Waals surface area contributed by atoms with Gasteiger partial charge in [-0.25, -0.2) is 0 Å². The lowest BCUT2D eigenvalue weighted by Gasteiger charge is -2.23. The number of rotatable bonds is 8. The van der Waals surface area contributed by atoms with Gasteiger partial charge in [-0.1, -0.05) is 12.5 Å². The highest BCUT2D eigenvalue weighted by Crippen LogP contribution is 2.28. The number of hydrogen-bond acceptors (Lipinski definition) is 5. The third kappa shape index (κ3) is 4.87. The van der Waals surface area contributed by atoms with E-state index in [2.05, 4.69) is 15.5 Å². The molecule has 3 rings (SSSR count). The molecule has 8 heteroatoms. The van der Waals surface area contributed by atoms with E-state index in [0.29, 0.717) is 37.8 Å². The first-order valence-electron chi connectivity index (χ1n) is 10.3. The van der Waals surface area contributed by atoms with E-state index in [0.717, 1.165) is 25.1 Å². The molecule has 3 atom stereocenters. The van der Waals surface area contributed by atoms with Gasteiger partial charge in [0.2, 0.25) is 5.91 Å². The lowest BCUT2D eigenvalue weighted by atomic mass is 10.0. The number of nitrogens with two attached hydrogens (primary N) is 1. The van der Waals surface area contributed by atoms with Crippen molar-refractivity contribution in [2.75, 3.05) is 25.0 Å². The van der Waals surface area contributed by atoms with E-state index in [9.17, 15) is 19.5 Å². The average molecular weight is 402 g/mol. The van der Waals surface area contributed by atoms with Gasteiger partial charge in [-0.2, -0.15) is 0 Å². The molecule has 1 saturated carbocycles. The predicted molar refractivity (Wildman–Crippen MR) is 110 cm³/mol. The van der Waals surface area contributed by atoms with Gasteiger partial charge in [-0.05, 0) is 56.3 Å². The molecule has 1 aromatic rings. The molecule has 3 unspecified atom stereocenters. The standard InChI is InChI=1S/C21H30N4O4/c1-25-11-9-13-7-8-14(12-18(13)25)19(26)24-17(6-3-10-22)20(27)23-16-5-2-4-15(16)21(28)29/h7-8,12,15-17H,2-6,9-11,22H2,1H3,(H,23,27)(H,24,26)(H,28,29). The maximum Gasteiger partial charge on any atom is 0.308 e. The summed E-state index contributed by atoms with van der Waals surface area (Å²) in [5.74, 6) is -2.12. The van der Waals surface area contributed by atoms with Crippen molar-refractivity contribution in [3.8, 4) is 0 Å². The van der Waals surface area contributed by atoms with Crippen molar-refractivity contribution >= 4 is 23.5 Å². The maximum absolute atomic E-state index is 12.8. The van der Waals surface area contributed by atoms with Gasteiger partial charge in [0.05, 0.1) is 5.92 Å². The lowest BCUT2D eigenvalue weighted by molar-refractivity contribution is -0.142. The van der Waals surface area contributed by atoms with Crippen LogP contribution < -0.4 is 21.3 Å². The molecule has 0 saturated heterocycles. The number of likely N-dealkylation sites (N-methyl/N-ethyl adjacent to an activating group) is 1. The Morgan fingerprint density at radius 2 is 2.10 bits per heavy atom. The molecule has 0 bridgehead atoms. The van der Waals surface area contributed by atoms with Gasteiger partial charge in [-0.3, -0.25) is 14.4 Å². The highest BCUT2D eigenvalue weighted by atomic mass is 16.4. The molecule has 29 heavy (non-hydrogen) atoms. The van der Waals surface area contributed by atoms with Gasteiger partial charge < -0.3 is 26.4 Å². The first-order valence-corrected chi connectivity index (χ1v) is 10.3. The van der Waals surface area contributed by atoms with Gasteiger partial charge in [0.15, 0.2) is 0 Å². The van der Waals surface area contributed by atoms with Crippen LogP contribution in [0, 0.1) is 5.92 Å². The van der Waals surface area contributed by atoms with Crippen LogP contribution in [0.15, 0.2) is 18.2 Å². The van der Waals surface area contributed by atoms with Crippen LogP contribution in [0.1, 0.15) is 48.0 Å². The molecule has 2 amide bonds. The van der Waals surface area contributed by atoms with Crippen LogP contribution in [0.25, 0.3) is 0 Å². The summed E-state index contributed by atoms with van der Waals surface area (Å²) in [5.41, 5.74) is 8.35. The van der Waals surface area contributed by atoms with Crippen molar-refractivity contribution < 1.29 is 19.5 Å². The van der Waals surface area contributed by atoms with Gasteiger partial charge in [0.1, 0.15) is 6.04 Å². The Labute approximate surface area is 170 Å². The van der Waals surface area contributed by atoms with Crippen molar-refractivity contribution in [2.45, 2.75) is 50.6 Å². The summed E-state index contributed by atoms with van der Waals surface area (Å²) in [6.45, 7) is 1.33. The van der Waals surface area contributed by atoms with Crippen molar-refractivity contribution in [1.29, 1.82) is 0 Å². The van der Waals surface area contributed by atoms with Gasteiger partial charge in [-0.15, -0.1) is 0 Å². The Bertz CT molecular complexity index is 782. The summed E-state index contributed by atoms with van der Waals surface area (Å²) in [5, 5.41) is 15.0. The molecule has 158 valence electrons. The van der Waals surface area contributed by atoms with Crippen LogP contribution in [0.3, 0.4) is 0 Å². The molecular formula is C21H30N4O4. The molecule has 1 heterocycles. The van der Waals surface area contributed by atoms with Gasteiger partial charge in [0, 0.05) is 30.9 Å². The zero-order valence-electron chi connectivity index (χ0n) is 16.8. The Kier molecular flexibility index (Phi) is 6.74. The topological polar surface area (TPSA) is 125 Å². The molecule has 0 spiro atoms. The highest BCUT2D eigenvalue weighted by molar-refractivity contribution is 5.98. The number of nitrogens with zero attached hydrogens (tertiary/aromatic N) is 1. The van der Waals surface area contributed by atoms with Crippen LogP contribution in [-0.4, -0.2) is 55.1 Å². The van der Waals surface area contributed by atoms with Crippen LogP contribution in [0.2, 0.25) is 0 Å². The Morgan fingerprint density at radius 3 is 2.83 bits per heavy atom. The summed E-state index contributed by atoms with van der Waals surface area (Å²) in [4.78, 5) is 39.1. The van der Waals surface area contributed by atoms with Gasteiger partial charge >= 0.3 is 5.97 Å². The number of hydrogen-bond donors (Lipinski definition) is 4. The zero-order chi connectivity index (χ0) is 21.0. The van der Waals surface area contributed by atoms with E-state index in [4.69, 9.17) is 5.73 Å². The summed E-state index contributed by atoms with van der Waals surface area (Å²) in [7, 11) is 1.99. The predicted octanol–water partition coefficient (Wildman–Crippen LogP) is 0.886. The summed E-state index contributed by atoms with van der Waals surface area (Å²) in [6, 6.07) is 4.45. The number of carbonyl (C=O) groups is 3. The van der Waals surface area contributed by atoms with Crippen molar-refractivity contribution in [3.05, 3.63) is 29.3 Å². The van der Waals surface area contributed by atoms with Crippen LogP contribution in [0.4, 0.5) is 5.69 Å². The molecule has 8 nitrogen and oxygen atoms in total. The lowest BCUT2D eigenvalue weighted by Crippen LogP contribution is -2.51. The average Bonchev–Trinajstić information content (AvgIpc) is 3.31. The van der Waals surface area contributed by atoms with E-state index in [-0.39, 0.29) is 11.8 Å². The SMILES string of the molecule is CN1CCc2ccc(C(=O)NC(CCCN)C(=O)NC3CCCC3C(=O)O)cc21. The highest BCUT2D eigenvalue weighted by Gasteiger charge is 2.35. The van der Waals surface area contributed by atoms with E-state index in [1.54, 1.807) is 6.07 Å². The minimum absolute atomic E-state index is 0.313. The number of anilines is 1. The van der Waals surface area contributed by atoms with E-state index < -0.39 is 24.0 Å². The monoisotopic (exact) mass is 402 g/mol. The molecule has 1 aliphatic heterocycles. The summed E-state index contributed by atoms with van der Waals surface area (Å²) < 4.78 is 0. The summed E-state index contributed by atoms with van der Waals surface area (Å²) in [6.07, 6.45) is 3.91. The number of amides is 2. The fraction of sp³-hybridized carbons (Fsp3) is 0.571. The van der Waals surface area contributed by atoms with Crippen LogP contribution in [-0.2, 0) is 16.0 Å². The second kappa shape index (κ2) is 9.26. The summed E-state index contributed by atoms with van der Waals surface area (Å²) >= 11 is 0. The number of aliphatic carboxylic acids is 1. The van der Waals surface area contributed by atoms with Crippen LogP contribution in [0.5, 0.6) is 0 Å². The number of benzene rings is 1. The number of carboxylic acid groups (broad SMARTS) is 1. The van der Waals surface area contributed by atoms with Crippen molar-refractivity contribution in [1.82, 2.24) is 10.6 Å². The quantitative estimate of drug-likeness (QED) is 0.512. The molecule has 2 aliphatic rings. The number of carboxylic acids is 1. The first-order chi connectivity index (χ1) is 13.9. The number of carbonyl (C=O) groups excluding carboxylic acids is 2. The number of fused-ring (bicyclic) bond motifs is 1. The second-order valence-corrected chi connectivity index (χ2v) is 7.96. The maximum atomic E-state index is 12.8. The normalized spacial score (nSPS) is 21.5. The van der Waals surface area contributed by atoms with Crippen molar-refractivity contribution in [2.24, 2.45) is 11.7 Å². The molecule has 0 aromatic heterocycles. The molecule has 5 N–H and O–H groups in total. The Hall–Kier alpha value is -2.61. The first kappa shape index (κ1) is 21.1. The smallest absolute Gasteiger partial charge is 0.308 e. The fourth-order valence-corrected chi connectivity index (χ4v) is 4.22. The molecule has 1 aromatic carbocycles. The third-order valence-electron chi connectivity index (χ3n) is 5.95. The Balaban J connectivity index is 1.68. The minimum atomic E-state index is -0.891. The fourth-order valence-electron chi connectivity index (χ4n) is 4.22. The Morgan fingerprint density at radius 1 is 1.31 bits per heavy atom. The molecular weight excluding hydrogens is 372 g/mol. The van der Waals surface area contributed by atoms with Crippen molar-refractivity contribution in [3.63, 3.8) is 0 Å².